The highest BCUT2D eigenvalue weighted by molar-refractivity contribution is 9.10. The average molecular weight is 328 g/mol. The van der Waals surface area contributed by atoms with Crippen LogP contribution in [0.2, 0.25) is 0 Å². The molecule has 2 heterocycles. The van der Waals surface area contributed by atoms with Gasteiger partial charge in [0.1, 0.15) is 0 Å². The van der Waals surface area contributed by atoms with E-state index in [1.54, 1.807) is 28.0 Å². The van der Waals surface area contributed by atoms with E-state index in [9.17, 15) is 4.79 Å². The van der Waals surface area contributed by atoms with Crippen molar-refractivity contribution < 1.29 is 4.79 Å². The van der Waals surface area contributed by atoms with Crippen LogP contribution in [0.1, 0.15) is 21.1 Å². The Labute approximate surface area is 118 Å². The number of aromatic nitrogens is 2. The second-order valence-electron chi connectivity index (χ2n) is 4.19. The van der Waals surface area contributed by atoms with Crippen molar-refractivity contribution in [2.75, 3.05) is 7.05 Å². The summed E-state index contributed by atoms with van der Waals surface area (Å²) in [6, 6.07) is 3.83. The van der Waals surface area contributed by atoms with Crippen LogP contribution in [-0.4, -0.2) is 27.6 Å². The molecule has 18 heavy (non-hydrogen) atoms. The number of halogens is 1. The molecule has 96 valence electrons. The van der Waals surface area contributed by atoms with Gasteiger partial charge in [0.15, 0.2) is 5.69 Å². The number of nitrogens with zero attached hydrogens (tertiary/aromatic N) is 3. The first-order valence-electron chi connectivity index (χ1n) is 5.46. The Hall–Kier alpha value is -1.14. The Kier molecular flexibility index (Phi) is 3.87. The summed E-state index contributed by atoms with van der Waals surface area (Å²) in [5, 5.41) is 6.21. The average Bonchev–Trinajstić information content (AvgIpc) is 2.85. The van der Waals surface area contributed by atoms with Crippen LogP contribution >= 0.6 is 27.3 Å². The number of hydrogen-bond acceptors (Lipinski definition) is 3. The Bertz CT molecular complexity index is 556. The van der Waals surface area contributed by atoms with Crippen LogP contribution in [0.15, 0.2) is 22.0 Å². The van der Waals surface area contributed by atoms with Crippen molar-refractivity contribution in [1.29, 1.82) is 0 Å². The van der Waals surface area contributed by atoms with Gasteiger partial charge in [-0.2, -0.15) is 5.10 Å². The number of amides is 1. The minimum absolute atomic E-state index is 0.0526. The molecule has 0 atom stereocenters. The number of carbonyl (C=O) groups excluding carboxylic acids is 1. The van der Waals surface area contributed by atoms with Gasteiger partial charge in [-0.25, -0.2) is 0 Å². The zero-order valence-corrected chi connectivity index (χ0v) is 12.9. The van der Waals surface area contributed by atoms with Crippen LogP contribution in [0.25, 0.3) is 0 Å². The lowest BCUT2D eigenvalue weighted by Gasteiger charge is -2.14. The van der Waals surface area contributed by atoms with Crippen LogP contribution in [0.3, 0.4) is 0 Å². The Balaban J connectivity index is 2.09. The molecule has 0 aliphatic carbocycles. The zero-order valence-electron chi connectivity index (χ0n) is 10.5. The second-order valence-corrected chi connectivity index (χ2v) is 6.10. The van der Waals surface area contributed by atoms with E-state index in [2.05, 4.69) is 21.0 Å². The molecular formula is C12H14BrN3OS. The summed E-state index contributed by atoms with van der Waals surface area (Å²) in [6.07, 6.45) is 0. The molecule has 4 nitrogen and oxygen atoms in total. The van der Waals surface area contributed by atoms with Gasteiger partial charge < -0.3 is 4.90 Å². The van der Waals surface area contributed by atoms with Crippen LogP contribution < -0.4 is 0 Å². The SMILES string of the molecule is Cc1cc(C(=O)N(C)Cc2cc(Br)cs2)nn1C. The summed E-state index contributed by atoms with van der Waals surface area (Å²) >= 11 is 5.04. The smallest absolute Gasteiger partial charge is 0.274 e. The molecular weight excluding hydrogens is 314 g/mol. The largest absolute Gasteiger partial charge is 0.335 e. The summed E-state index contributed by atoms with van der Waals surface area (Å²) in [4.78, 5) is 15.0. The topological polar surface area (TPSA) is 38.1 Å². The fourth-order valence-corrected chi connectivity index (χ4v) is 3.11. The molecule has 0 unspecified atom stereocenters. The summed E-state index contributed by atoms with van der Waals surface area (Å²) in [6.45, 7) is 2.53. The van der Waals surface area contributed by atoms with Gasteiger partial charge in [0.05, 0.1) is 6.54 Å². The minimum atomic E-state index is -0.0526. The van der Waals surface area contributed by atoms with Crippen molar-refractivity contribution in [2.45, 2.75) is 13.5 Å². The maximum atomic E-state index is 12.2. The second kappa shape index (κ2) is 5.24. The van der Waals surface area contributed by atoms with Crippen molar-refractivity contribution in [1.82, 2.24) is 14.7 Å². The monoisotopic (exact) mass is 327 g/mol. The summed E-state index contributed by atoms with van der Waals surface area (Å²) in [5.74, 6) is -0.0526. The zero-order chi connectivity index (χ0) is 13.3. The maximum Gasteiger partial charge on any atom is 0.274 e. The van der Waals surface area contributed by atoms with E-state index in [0.717, 1.165) is 15.0 Å². The summed E-state index contributed by atoms with van der Waals surface area (Å²) < 4.78 is 2.76. The third kappa shape index (κ3) is 2.81. The quantitative estimate of drug-likeness (QED) is 0.869. The molecule has 0 saturated heterocycles. The van der Waals surface area contributed by atoms with E-state index in [0.29, 0.717) is 12.2 Å². The Morgan fingerprint density at radius 3 is 2.78 bits per heavy atom. The predicted molar refractivity (Wildman–Crippen MR) is 75.8 cm³/mol. The Morgan fingerprint density at radius 2 is 2.28 bits per heavy atom. The van der Waals surface area contributed by atoms with E-state index >= 15 is 0 Å². The third-order valence-corrected chi connectivity index (χ3v) is 4.38. The van der Waals surface area contributed by atoms with Crippen molar-refractivity contribution in [3.63, 3.8) is 0 Å². The molecule has 0 aliphatic rings. The molecule has 2 rings (SSSR count). The van der Waals surface area contributed by atoms with Crippen molar-refractivity contribution in [2.24, 2.45) is 7.05 Å². The van der Waals surface area contributed by atoms with Crippen molar-refractivity contribution >= 4 is 33.2 Å². The van der Waals surface area contributed by atoms with Crippen LogP contribution in [-0.2, 0) is 13.6 Å². The molecule has 0 saturated carbocycles. The lowest BCUT2D eigenvalue weighted by atomic mass is 10.3. The number of thiophene rings is 1. The number of rotatable bonds is 3. The van der Waals surface area contributed by atoms with Crippen molar-refractivity contribution in [3.05, 3.63) is 38.3 Å². The van der Waals surface area contributed by atoms with Crippen molar-refractivity contribution in [3.8, 4) is 0 Å². The molecule has 0 aliphatic heterocycles. The fourth-order valence-electron chi connectivity index (χ4n) is 1.60. The normalized spacial score (nSPS) is 10.7. The maximum absolute atomic E-state index is 12.2. The van der Waals surface area contributed by atoms with Gasteiger partial charge in [-0.15, -0.1) is 11.3 Å². The lowest BCUT2D eigenvalue weighted by molar-refractivity contribution is 0.0780. The van der Waals surface area contributed by atoms with Gasteiger partial charge in [0.25, 0.3) is 5.91 Å². The fraction of sp³-hybridized carbons (Fsp3) is 0.333. The molecule has 0 N–H and O–H groups in total. The molecule has 6 heteroatoms. The van der Waals surface area contributed by atoms with Crippen LogP contribution in [0, 0.1) is 6.92 Å². The molecule has 0 bridgehead atoms. The van der Waals surface area contributed by atoms with Crippen LogP contribution in [0.4, 0.5) is 0 Å². The first kappa shape index (κ1) is 13.3. The number of carbonyl (C=O) groups is 1. The first-order valence-corrected chi connectivity index (χ1v) is 7.13. The van der Waals surface area contributed by atoms with Crippen LogP contribution in [0.5, 0.6) is 0 Å². The van der Waals surface area contributed by atoms with E-state index in [1.165, 1.54) is 0 Å². The molecule has 0 radical (unpaired) electrons. The predicted octanol–water partition coefficient (Wildman–Crippen LogP) is 2.82. The molecule has 0 fully saturated rings. The van der Waals surface area contributed by atoms with E-state index in [1.807, 2.05) is 31.5 Å². The summed E-state index contributed by atoms with van der Waals surface area (Å²) in [5.41, 5.74) is 1.47. The van der Waals surface area contributed by atoms with Gasteiger partial charge in [-0.1, -0.05) is 0 Å². The molecule has 0 aromatic carbocycles. The molecule has 0 spiro atoms. The van der Waals surface area contributed by atoms with Gasteiger partial charge in [-0.05, 0) is 35.0 Å². The van der Waals surface area contributed by atoms with Gasteiger partial charge in [0, 0.05) is 34.5 Å². The number of hydrogen-bond donors (Lipinski definition) is 0. The Morgan fingerprint density at radius 1 is 1.56 bits per heavy atom. The van der Waals surface area contributed by atoms with E-state index in [4.69, 9.17) is 0 Å². The highest BCUT2D eigenvalue weighted by Gasteiger charge is 2.16. The first-order chi connectivity index (χ1) is 8.47. The van der Waals surface area contributed by atoms with Gasteiger partial charge in [-0.3, -0.25) is 9.48 Å². The third-order valence-electron chi connectivity index (χ3n) is 2.69. The lowest BCUT2D eigenvalue weighted by Crippen LogP contribution is -2.26. The molecule has 2 aromatic rings. The minimum Gasteiger partial charge on any atom is -0.335 e. The highest BCUT2D eigenvalue weighted by Crippen LogP contribution is 2.21. The van der Waals surface area contributed by atoms with Gasteiger partial charge in [0.2, 0.25) is 0 Å². The standard InChI is InChI=1S/C12H14BrN3OS/c1-8-4-11(14-16(8)3)12(17)15(2)6-10-5-9(13)7-18-10/h4-5,7H,6H2,1-3H3. The summed E-state index contributed by atoms with van der Waals surface area (Å²) in [7, 11) is 3.63. The van der Waals surface area contributed by atoms with Gasteiger partial charge >= 0.3 is 0 Å². The number of aryl methyl sites for hydroxylation is 2. The highest BCUT2D eigenvalue weighted by atomic mass is 79.9. The van der Waals surface area contributed by atoms with E-state index in [-0.39, 0.29) is 5.91 Å². The molecule has 2 aromatic heterocycles. The van der Waals surface area contributed by atoms with E-state index < -0.39 is 0 Å². The molecule has 1 amide bonds.